The van der Waals surface area contributed by atoms with Gasteiger partial charge in [-0.15, -0.1) is 0 Å². The van der Waals surface area contributed by atoms with Crippen molar-refractivity contribution in [3.05, 3.63) is 29.3 Å². The van der Waals surface area contributed by atoms with Gasteiger partial charge in [-0.1, -0.05) is 32.9 Å². The molecule has 1 heteroatoms. The third kappa shape index (κ3) is 1.28. The summed E-state index contributed by atoms with van der Waals surface area (Å²) in [5.74, 6) is 1.86. The molecule has 3 rings (SSSR count). The van der Waals surface area contributed by atoms with Crippen molar-refractivity contribution >= 4 is 0 Å². The van der Waals surface area contributed by atoms with Gasteiger partial charge in [0.1, 0.15) is 5.75 Å². The second-order valence-electron chi connectivity index (χ2n) is 7.17. The van der Waals surface area contributed by atoms with Crippen LogP contribution in [0.25, 0.3) is 0 Å². The van der Waals surface area contributed by atoms with Crippen LogP contribution >= 0.6 is 0 Å². The van der Waals surface area contributed by atoms with Crippen molar-refractivity contribution in [2.75, 3.05) is 0 Å². The summed E-state index contributed by atoms with van der Waals surface area (Å²) in [6.45, 7) is 9.44. The molecule has 0 saturated heterocycles. The van der Waals surface area contributed by atoms with Crippen LogP contribution in [0.15, 0.2) is 18.2 Å². The van der Waals surface area contributed by atoms with Gasteiger partial charge in [-0.3, -0.25) is 0 Å². The highest BCUT2D eigenvalue weighted by Crippen LogP contribution is 2.71. The molecule has 1 aromatic rings. The lowest BCUT2D eigenvalue weighted by Gasteiger charge is -2.40. The van der Waals surface area contributed by atoms with Crippen LogP contribution in [0.3, 0.4) is 0 Å². The standard InChI is InChI=1S/C17H24O/c1-11-6-5-7-14(18)15(11)13-10-12-8-9-17(13,4)16(12,2)3/h5-7,12-13,18H,8-10H2,1-4H3. The molecule has 98 valence electrons. The second-order valence-corrected chi connectivity index (χ2v) is 7.17. The maximum Gasteiger partial charge on any atom is 0.119 e. The predicted octanol–water partition coefficient (Wildman–Crippen LogP) is 4.63. The summed E-state index contributed by atoms with van der Waals surface area (Å²) >= 11 is 0. The average Bonchev–Trinajstić information content (AvgIpc) is 2.62. The number of fused-ring (bicyclic) bond motifs is 2. The fourth-order valence-corrected chi connectivity index (χ4v) is 4.76. The van der Waals surface area contributed by atoms with Crippen LogP contribution in [0, 0.1) is 23.7 Å². The third-order valence-corrected chi connectivity index (χ3v) is 6.44. The number of phenolic OH excluding ortho intramolecular Hbond substituents is 1. The molecule has 2 aliphatic carbocycles. The van der Waals surface area contributed by atoms with E-state index in [1.807, 2.05) is 12.1 Å². The van der Waals surface area contributed by atoms with E-state index >= 15 is 0 Å². The summed E-state index contributed by atoms with van der Waals surface area (Å²) in [6.07, 6.45) is 3.93. The van der Waals surface area contributed by atoms with Crippen LogP contribution in [0.5, 0.6) is 5.75 Å². The lowest BCUT2D eigenvalue weighted by molar-refractivity contribution is 0.133. The number of hydrogen-bond acceptors (Lipinski definition) is 1. The van der Waals surface area contributed by atoms with Gasteiger partial charge in [0.2, 0.25) is 0 Å². The van der Waals surface area contributed by atoms with Gasteiger partial charge < -0.3 is 5.11 Å². The van der Waals surface area contributed by atoms with Crippen molar-refractivity contribution in [2.45, 2.75) is 52.9 Å². The molecular formula is C17H24O. The van der Waals surface area contributed by atoms with Gasteiger partial charge in [0.05, 0.1) is 0 Å². The van der Waals surface area contributed by atoms with Crippen LogP contribution < -0.4 is 0 Å². The van der Waals surface area contributed by atoms with Gasteiger partial charge in [0.25, 0.3) is 0 Å². The van der Waals surface area contributed by atoms with E-state index in [0.717, 1.165) is 5.92 Å². The first kappa shape index (κ1) is 12.1. The number of aryl methyl sites for hydroxylation is 1. The molecule has 3 unspecified atom stereocenters. The van der Waals surface area contributed by atoms with Gasteiger partial charge >= 0.3 is 0 Å². The Bertz CT molecular complexity index is 468. The summed E-state index contributed by atoms with van der Waals surface area (Å²) in [4.78, 5) is 0. The molecule has 0 aromatic heterocycles. The van der Waals surface area contributed by atoms with E-state index in [1.165, 1.54) is 30.4 Å². The van der Waals surface area contributed by atoms with Crippen LogP contribution in [0.1, 0.15) is 57.1 Å². The minimum atomic E-state index is 0.348. The summed E-state index contributed by atoms with van der Waals surface area (Å²) in [7, 11) is 0. The molecular weight excluding hydrogens is 220 g/mol. The normalized spacial score (nSPS) is 37.1. The largest absolute Gasteiger partial charge is 0.508 e. The van der Waals surface area contributed by atoms with E-state index in [0.29, 0.717) is 22.5 Å². The molecule has 0 radical (unpaired) electrons. The molecule has 1 aromatic carbocycles. The lowest BCUT2D eigenvalue weighted by atomic mass is 9.64. The van der Waals surface area contributed by atoms with Gasteiger partial charge in [-0.2, -0.15) is 0 Å². The van der Waals surface area contributed by atoms with Crippen molar-refractivity contribution in [3.8, 4) is 5.75 Å². The van der Waals surface area contributed by atoms with Crippen LogP contribution in [0.2, 0.25) is 0 Å². The Morgan fingerprint density at radius 3 is 2.44 bits per heavy atom. The first-order valence-electron chi connectivity index (χ1n) is 7.16. The second kappa shape index (κ2) is 3.53. The van der Waals surface area contributed by atoms with Crippen LogP contribution in [-0.4, -0.2) is 5.11 Å². The molecule has 2 aliphatic rings. The molecule has 0 spiro atoms. The number of phenols is 1. The Morgan fingerprint density at radius 1 is 1.22 bits per heavy atom. The molecule has 2 fully saturated rings. The zero-order valence-corrected chi connectivity index (χ0v) is 12.0. The number of aromatic hydroxyl groups is 1. The highest BCUT2D eigenvalue weighted by Gasteiger charge is 2.61. The Hall–Kier alpha value is -0.980. The van der Waals surface area contributed by atoms with Crippen molar-refractivity contribution in [1.82, 2.24) is 0 Å². The highest BCUT2D eigenvalue weighted by atomic mass is 16.3. The molecule has 0 aliphatic heterocycles. The Morgan fingerprint density at radius 2 is 1.94 bits per heavy atom. The van der Waals surface area contributed by atoms with E-state index in [1.54, 1.807) is 0 Å². The maximum atomic E-state index is 10.3. The Labute approximate surface area is 110 Å². The minimum absolute atomic E-state index is 0.348. The van der Waals surface area contributed by atoms with Gasteiger partial charge in [-0.05, 0) is 60.5 Å². The van der Waals surface area contributed by atoms with E-state index < -0.39 is 0 Å². The first-order chi connectivity index (χ1) is 8.38. The number of hydrogen-bond donors (Lipinski definition) is 1. The average molecular weight is 244 g/mol. The fraction of sp³-hybridized carbons (Fsp3) is 0.647. The number of rotatable bonds is 1. The van der Waals surface area contributed by atoms with Crippen LogP contribution in [0.4, 0.5) is 0 Å². The Kier molecular flexibility index (Phi) is 2.36. The van der Waals surface area contributed by atoms with E-state index in [-0.39, 0.29) is 0 Å². The summed E-state index contributed by atoms with van der Waals surface area (Å²) in [5, 5.41) is 10.3. The molecule has 18 heavy (non-hydrogen) atoms. The van der Waals surface area contributed by atoms with Crippen molar-refractivity contribution in [2.24, 2.45) is 16.7 Å². The molecule has 0 heterocycles. The smallest absolute Gasteiger partial charge is 0.119 e. The Balaban J connectivity index is 2.11. The van der Waals surface area contributed by atoms with Gasteiger partial charge in [0.15, 0.2) is 0 Å². The third-order valence-electron chi connectivity index (χ3n) is 6.44. The zero-order valence-electron chi connectivity index (χ0n) is 12.0. The van der Waals surface area contributed by atoms with E-state index in [9.17, 15) is 5.11 Å². The molecule has 0 amide bonds. The van der Waals surface area contributed by atoms with Crippen LogP contribution in [-0.2, 0) is 0 Å². The quantitative estimate of drug-likeness (QED) is 0.763. The SMILES string of the molecule is Cc1cccc(O)c1C1CC2CCC1(C)C2(C)C. The molecule has 2 saturated carbocycles. The summed E-state index contributed by atoms with van der Waals surface area (Å²) in [6, 6.07) is 5.94. The highest BCUT2D eigenvalue weighted by molar-refractivity contribution is 5.44. The minimum Gasteiger partial charge on any atom is -0.508 e. The molecule has 2 bridgehead atoms. The van der Waals surface area contributed by atoms with E-state index in [2.05, 4.69) is 33.8 Å². The monoisotopic (exact) mass is 244 g/mol. The molecule has 1 nitrogen and oxygen atoms in total. The number of benzene rings is 1. The fourth-order valence-electron chi connectivity index (χ4n) is 4.76. The van der Waals surface area contributed by atoms with Gasteiger partial charge in [0, 0.05) is 5.56 Å². The topological polar surface area (TPSA) is 20.2 Å². The summed E-state index contributed by atoms with van der Waals surface area (Å²) < 4.78 is 0. The summed E-state index contributed by atoms with van der Waals surface area (Å²) in [5.41, 5.74) is 3.23. The van der Waals surface area contributed by atoms with Crippen molar-refractivity contribution in [1.29, 1.82) is 0 Å². The first-order valence-corrected chi connectivity index (χ1v) is 7.16. The maximum absolute atomic E-state index is 10.3. The van der Waals surface area contributed by atoms with Gasteiger partial charge in [-0.25, -0.2) is 0 Å². The predicted molar refractivity (Wildman–Crippen MR) is 74.8 cm³/mol. The molecule has 1 N–H and O–H groups in total. The lowest BCUT2D eigenvalue weighted by Crippen LogP contribution is -2.31. The van der Waals surface area contributed by atoms with Crippen molar-refractivity contribution in [3.63, 3.8) is 0 Å². The zero-order chi connectivity index (χ0) is 13.1. The molecule has 3 atom stereocenters. The van der Waals surface area contributed by atoms with Crippen molar-refractivity contribution < 1.29 is 5.11 Å². The van der Waals surface area contributed by atoms with E-state index in [4.69, 9.17) is 0 Å².